The monoisotopic (exact) mass is 385 g/mol. The number of aromatic nitrogens is 2. The first-order valence-corrected chi connectivity index (χ1v) is 7.22. The smallest absolute Gasteiger partial charge is 0.161 e. The first kappa shape index (κ1) is 14.4. The number of anilines is 1. The number of nitrogens with zero attached hydrogens (tertiary/aromatic N) is 2. The van der Waals surface area contributed by atoms with Gasteiger partial charge in [0, 0.05) is 34.7 Å². The molecule has 1 aromatic carbocycles. The molecule has 6 heteroatoms. The summed E-state index contributed by atoms with van der Waals surface area (Å²) in [6.45, 7) is 0.460. The van der Waals surface area contributed by atoms with Crippen LogP contribution < -0.4 is 5.32 Å². The topological polar surface area (TPSA) is 47.0 Å². The van der Waals surface area contributed by atoms with E-state index in [1.54, 1.807) is 7.11 Å². The zero-order valence-electron chi connectivity index (χ0n) is 10.6. The maximum absolute atomic E-state index is 5.13. The number of benzene rings is 1. The van der Waals surface area contributed by atoms with E-state index in [0.29, 0.717) is 12.4 Å². The van der Waals surface area contributed by atoms with E-state index in [2.05, 4.69) is 47.1 Å². The van der Waals surface area contributed by atoms with Gasteiger partial charge in [-0.3, -0.25) is 0 Å². The van der Waals surface area contributed by atoms with Gasteiger partial charge in [0.2, 0.25) is 0 Å². The Labute approximate surface area is 128 Å². The van der Waals surface area contributed by atoms with Gasteiger partial charge in [0.25, 0.3) is 0 Å². The van der Waals surface area contributed by atoms with Gasteiger partial charge in [0.15, 0.2) is 5.82 Å². The standard InChI is InChI=1S/C13H13Br2N3O/c1-16-12-6-9(7-19-2)17-13(18-12)8-3-4-10(14)11(15)5-8/h3-6H,7H2,1-2H3,(H,16,17,18). The minimum atomic E-state index is 0.460. The summed E-state index contributed by atoms with van der Waals surface area (Å²) in [6.07, 6.45) is 0. The molecular weight excluding hydrogens is 374 g/mol. The molecule has 4 nitrogen and oxygen atoms in total. The van der Waals surface area contributed by atoms with Gasteiger partial charge in [-0.1, -0.05) is 0 Å². The number of rotatable bonds is 4. The third kappa shape index (κ3) is 3.52. The van der Waals surface area contributed by atoms with Crippen LogP contribution in [0.5, 0.6) is 0 Å². The Balaban J connectivity index is 2.47. The number of halogens is 2. The molecule has 1 aromatic heterocycles. The van der Waals surface area contributed by atoms with Gasteiger partial charge in [-0.05, 0) is 50.1 Å². The molecule has 0 bridgehead atoms. The summed E-state index contributed by atoms with van der Waals surface area (Å²) in [7, 11) is 3.48. The lowest BCUT2D eigenvalue weighted by Gasteiger charge is -2.08. The molecular formula is C13H13Br2N3O. The van der Waals surface area contributed by atoms with Crippen molar-refractivity contribution in [2.45, 2.75) is 6.61 Å². The van der Waals surface area contributed by atoms with Crippen LogP contribution >= 0.6 is 31.9 Å². The lowest BCUT2D eigenvalue weighted by Crippen LogP contribution is -2.01. The number of methoxy groups -OCH3 is 1. The summed E-state index contributed by atoms with van der Waals surface area (Å²) in [4.78, 5) is 8.96. The van der Waals surface area contributed by atoms with Crippen LogP contribution in [0.2, 0.25) is 0 Å². The Bertz CT molecular complexity index is 590. The molecule has 0 saturated carbocycles. The maximum atomic E-state index is 5.13. The van der Waals surface area contributed by atoms with E-state index >= 15 is 0 Å². The molecule has 2 rings (SSSR count). The Morgan fingerprint density at radius 2 is 1.95 bits per heavy atom. The van der Waals surface area contributed by atoms with Crippen LogP contribution in [0.1, 0.15) is 5.69 Å². The van der Waals surface area contributed by atoms with Crippen molar-refractivity contribution in [3.63, 3.8) is 0 Å². The summed E-state index contributed by atoms with van der Waals surface area (Å²) in [5.41, 5.74) is 1.79. The number of hydrogen-bond acceptors (Lipinski definition) is 4. The van der Waals surface area contributed by atoms with Crippen LogP contribution in [-0.4, -0.2) is 24.1 Å². The first-order chi connectivity index (χ1) is 9.13. The van der Waals surface area contributed by atoms with Gasteiger partial charge in [0.1, 0.15) is 5.82 Å². The molecule has 0 unspecified atom stereocenters. The van der Waals surface area contributed by atoms with Gasteiger partial charge < -0.3 is 10.1 Å². The van der Waals surface area contributed by atoms with E-state index in [1.807, 2.05) is 31.3 Å². The van der Waals surface area contributed by atoms with Crippen molar-refractivity contribution in [3.8, 4) is 11.4 Å². The van der Waals surface area contributed by atoms with E-state index < -0.39 is 0 Å². The average molecular weight is 387 g/mol. The quantitative estimate of drug-likeness (QED) is 0.866. The highest BCUT2D eigenvalue weighted by Gasteiger charge is 2.08. The summed E-state index contributed by atoms with van der Waals surface area (Å²) < 4.78 is 7.09. The van der Waals surface area contributed by atoms with Crippen LogP contribution in [-0.2, 0) is 11.3 Å². The zero-order valence-corrected chi connectivity index (χ0v) is 13.7. The summed E-state index contributed by atoms with van der Waals surface area (Å²) in [5, 5.41) is 3.03. The van der Waals surface area contributed by atoms with Crippen LogP contribution in [0.15, 0.2) is 33.2 Å². The van der Waals surface area contributed by atoms with Gasteiger partial charge in [-0.2, -0.15) is 0 Å². The molecule has 0 aliphatic carbocycles. The van der Waals surface area contributed by atoms with E-state index in [4.69, 9.17) is 4.74 Å². The van der Waals surface area contributed by atoms with Crippen molar-refractivity contribution in [1.82, 2.24) is 9.97 Å². The predicted molar refractivity (Wildman–Crippen MR) is 83.1 cm³/mol. The predicted octanol–water partition coefficient (Wildman–Crippen LogP) is 3.86. The number of nitrogens with one attached hydrogen (secondary N) is 1. The van der Waals surface area contributed by atoms with Crippen molar-refractivity contribution in [1.29, 1.82) is 0 Å². The third-order valence-corrected chi connectivity index (χ3v) is 4.39. The summed E-state index contributed by atoms with van der Waals surface area (Å²) >= 11 is 6.93. The summed E-state index contributed by atoms with van der Waals surface area (Å²) in [6, 6.07) is 7.79. The number of ether oxygens (including phenoxy) is 1. The first-order valence-electron chi connectivity index (χ1n) is 5.64. The molecule has 0 amide bonds. The van der Waals surface area contributed by atoms with Crippen molar-refractivity contribution < 1.29 is 4.74 Å². The highest BCUT2D eigenvalue weighted by Crippen LogP contribution is 2.28. The van der Waals surface area contributed by atoms with Crippen molar-refractivity contribution in [3.05, 3.63) is 38.9 Å². The molecule has 1 N–H and O–H groups in total. The Kier molecular flexibility index (Phi) is 4.90. The molecule has 0 fully saturated rings. The highest BCUT2D eigenvalue weighted by atomic mass is 79.9. The largest absolute Gasteiger partial charge is 0.378 e. The second-order valence-corrected chi connectivity index (χ2v) is 5.59. The van der Waals surface area contributed by atoms with Crippen LogP contribution in [0.4, 0.5) is 5.82 Å². The van der Waals surface area contributed by atoms with Gasteiger partial charge in [-0.15, -0.1) is 0 Å². The average Bonchev–Trinajstić information content (AvgIpc) is 2.42. The lowest BCUT2D eigenvalue weighted by atomic mass is 10.2. The van der Waals surface area contributed by atoms with Crippen molar-refractivity contribution in [2.75, 3.05) is 19.5 Å². The van der Waals surface area contributed by atoms with E-state index in [-0.39, 0.29) is 0 Å². The Hall–Kier alpha value is -0.980. The molecule has 0 atom stereocenters. The van der Waals surface area contributed by atoms with Crippen LogP contribution in [0.3, 0.4) is 0 Å². The molecule has 0 saturated heterocycles. The molecule has 1 heterocycles. The second kappa shape index (κ2) is 6.45. The van der Waals surface area contributed by atoms with Crippen LogP contribution in [0, 0.1) is 0 Å². The van der Waals surface area contributed by atoms with Crippen LogP contribution in [0.25, 0.3) is 11.4 Å². The van der Waals surface area contributed by atoms with Crippen molar-refractivity contribution >= 4 is 37.7 Å². The normalized spacial score (nSPS) is 10.5. The van der Waals surface area contributed by atoms with Gasteiger partial charge in [-0.25, -0.2) is 9.97 Å². The summed E-state index contributed by atoms with van der Waals surface area (Å²) in [5.74, 6) is 1.45. The molecule has 0 aliphatic rings. The molecule has 0 aliphatic heterocycles. The fourth-order valence-electron chi connectivity index (χ4n) is 1.61. The Morgan fingerprint density at radius 1 is 1.16 bits per heavy atom. The van der Waals surface area contributed by atoms with E-state index in [0.717, 1.165) is 26.0 Å². The third-order valence-electron chi connectivity index (χ3n) is 2.51. The fraction of sp³-hybridized carbons (Fsp3) is 0.231. The van der Waals surface area contributed by atoms with Gasteiger partial charge >= 0.3 is 0 Å². The van der Waals surface area contributed by atoms with E-state index in [1.165, 1.54) is 0 Å². The zero-order chi connectivity index (χ0) is 13.8. The molecule has 19 heavy (non-hydrogen) atoms. The molecule has 100 valence electrons. The molecule has 0 spiro atoms. The van der Waals surface area contributed by atoms with E-state index in [9.17, 15) is 0 Å². The highest BCUT2D eigenvalue weighted by molar-refractivity contribution is 9.13. The minimum absolute atomic E-state index is 0.460. The molecule has 0 radical (unpaired) electrons. The minimum Gasteiger partial charge on any atom is -0.378 e. The molecule has 2 aromatic rings. The van der Waals surface area contributed by atoms with Crippen molar-refractivity contribution in [2.24, 2.45) is 0 Å². The fourth-order valence-corrected chi connectivity index (χ4v) is 2.24. The SMILES string of the molecule is CNc1cc(COC)nc(-c2ccc(Br)c(Br)c2)n1. The van der Waals surface area contributed by atoms with Gasteiger partial charge in [0.05, 0.1) is 12.3 Å². The second-order valence-electron chi connectivity index (χ2n) is 3.88. The lowest BCUT2D eigenvalue weighted by molar-refractivity contribution is 0.181. The Morgan fingerprint density at radius 3 is 2.58 bits per heavy atom. The maximum Gasteiger partial charge on any atom is 0.161 e. The number of hydrogen-bond donors (Lipinski definition) is 1.